The van der Waals surface area contributed by atoms with Gasteiger partial charge in [0.25, 0.3) is 10.1 Å². The molecule has 0 fully saturated rings. The topological polar surface area (TPSA) is 60.4 Å². The van der Waals surface area contributed by atoms with E-state index in [1.54, 1.807) is 0 Å². The Bertz CT molecular complexity index is 236. The van der Waals surface area contributed by atoms with Gasteiger partial charge in [0.15, 0.2) is 0 Å². The molecule has 0 aromatic carbocycles. The lowest BCUT2D eigenvalue weighted by molar-refractivity contribution is 0.374. The average Bonchev–Trinajstić information content (AvgIpc) is 1.57. The molecule has 0 rings (SSSR count). The summed E-state index contributed by atoms with van der Waals surface area (Å²) >= 11 is 0. The molecule has 0 N–H and O–H groups in total. The van der Waals surface area contributed by atoms with Gasteiger partial charge in [0, 0.05) is 0 Å². The summed E-state index contributed by atoms with van der Waals surface area (Å²) in [5, 5.41) is 0. The van der Waals surface area contributed by atoms with Crippen LogP contribution >= 0.6 is 7.14 Å². The Morgan fingerprint density at radius 1 is 1.40 bits per heavy atom. The molecule has 0 spiro atoms. The molecule has 6 heteroatoms. The summed E-state index contributed by atoms with van der Waals surface area (Å²) in [7, 11) is -5.79. The van der Waals surface area contributed by atoms with Crippen LogP contribution < -0.4 is 0 Å². The normalized spacial score (nSPS) is 13.5. The Kier molecular flexibility index (Phi) is 3.07. The minimum Gasteiger partial charge on any atom is -0.322 e. The molecule has 0 aromatic rings. The molecule has 0 aromatic heterocycles. The van der Waals surface area contributed by atoms with Crippen LogP contribution in [0.2, 0.25) is 0 Å². The summed E-state index contributed by atoms with van der Waals surface area (Å²) in [6, 6.07) is 0. The van der Waals surface area contributed by atoms with Crippen LogP contribution in [0.5, 0.6) is 0 Å². The van der Waals surface area contributed by atoms with Crippen molar-refractivity contribution in [3.05, 3.63) is 0 Å². The van der Waals surface area contributed by atoms with Crippen molar-refractivity contribution in [3.63, 3.8) is 0 Å². The predicted molar refractivity (Wildman–Crippen MR) is 40.3 cm³/mol. The summed E-state index contributed by atoms with van der Waals surface area (Å²) in [4.78, 5) is 0. The van der Waals surface area contributed by atoms with E-state index in [1.165, 1.54) is 13.3 Å². The fourth-order valence-corrected chi connectivity index (χ4v) is 2.00. The van der Waals surface area contributed by atoms with Crippen LogP contribution in [0.1, 0.15) is 0 Å². The highest BCUT2D eigenvalue weighted by Crippen LogP contribution is 2.35. The molecule has 0 radical (unpaired) electrons. The zero-order valence-electron chi connectivity index (χ0n) is 6.20. The van der Waals surface area contributed by atoms with Gasteiger partial charge in [-0.2, -0.15) is 8.42 Å². The van der Waals surface area contributed by atoms with Gasteiger partial charge in [0.05, 0.1) is 6.26 Å². The van der Waals surface area contributed by atoms with Crippen LogP contribution in [-0.4, -0.2) is 34.4 Å². The quantitative estimate of drug-likeness (QED) is 0.476. The van der Waals surface area contributed by atoms with E-state index in [4.69, 9.17) is 0 Å². The Hall–Kier alpha value is 0.140. The molecule has 0 aliphatic carbocycles. The van der Waals surface area contributed by atoms with Gasteiger partial charge in [0.1, 0.15) is 13.5 Å². The van der Waals surface area contributed by atoms with Crippen molar-refractivity contribution < 1.29 is 17.2 Å². The van der Waals surface area contributed by atoms with Crippen molar-refractivity contribution in [2.24, 2.45) is 0 Å². The van der Waals surface area contributed by atoms with Crippen LogP contribution in [0, 0.1) is 0 Å². The molecular formula is C4H11O4PS. The van der Waals surface area contributed by atoms with Crippen LogP contribution in [-0.2, 0) is 18.9 Å². The Morgan fingerprint density at radius 3 is 1.90 bits per heavy atom. The zero-order valence-corrected chi connectivity index (χ0v) is 7.91. The second-order valence-corrected chi connectivity index (χ2v) is 7.57. The van der Waals surface area contributed by atoms with Gasteiger partial charge in [-0.3, -0.25) is 4.18 Å². The van der Waals surface area contributed by atoms with Crippen molar-refractivity contribution in [1.29, 1.82) is 0 Å². The molecular weight excluding hydrogens is 175 g/mol. The first-order valence-corrected chi connectivity index (χ1v) is 7.19. The summed E-state index contributed by atoms with van der Waals surface area (Å²) in [6.45, 7) is 2.94. The first-order valence-electron chi connectivity index (χ1n) is 2.59. The third-order valence-corrected chi connectivity index (χ3v) is 2.05. The SMILES string of the molecule is CP(C)(=O)COS(C)(=O)=O. The smallest absolute Gasteiger partial charge is 0.264 e. The second kappa shape index (κ2) is 3.03. The van der Waals surface area contributed by atoms with Crippen molar-refractivity contribution in [3.8, 4) is 0 Å². The molecule has 10 heavy (non-hydrogen) atoms. The lowest BCUT2D eigenvalue weighted by Crippen LogP contribution is -2.03. The zero-order chi connectivity index (χ0) is 8.41. The fourth-order valence-electron chi connectivity index (χ4n) is 0.223. The third kappa shape index (κ3) is 8.14. The Morgan fingerprint density at radius 2 is 1.80 bits per heavy atom. The molecule has 0 unspecified atom stereocenters. The van der Waals surface area contributed by atoms with Gasteiger partial charge in [-0.25, -0.2) is 0 Å². The van der Waals surface area contributed by atoms with Gasteiger partial charge in [0.2, 0.25) is 0 Å². The van der Waals surface area contributed by atoms with Gasteiger partial charge < -0.3 is 4.57 Å². The highest BCUT2D eigenvalue weighted by atomic mass is 32.2. The standard InChI is InChI=1S/C4H11O4PS/c1-9(2,5)4-8-10(3,6)7/h4H2,1-3H3. The molecule has 0 heterocycles. The van der Waals surface area contributed by atoms with Gasteiger partial charge in [-0.1, -0.05) is 0 Å². The van der Waals surface area contributed by atoms with Crippen molar-refractivity contribution >= 4 is 17.3 Å². The number of hydrogen-bond acceptors (Lipinski definition) is 4. The maximum Gasteiger partial charge on any atom is 0.264 e. The van der Waals surface area contributed by atoms with Crippen LogP contribution in [0.15, 0.2) is 0 Å². The molecule has 0 saturated heterocycles. The summed E-state index contributed by atoms with van der Waals surface area (Å²) in [5.74, 6) is 0. The molecule has 0 bridgehead atoms. The second-order valence-electron chi connectivity index (χ2n) is 2.52. The molecule has 0 amide bonds. The third-order valence-electron chi connectivity index (χ3n) is 0.578. The van der Waals surface area contributed by atoms with Gasteiger partial charge in [-0.15, -0.1) is 0 Å². The minimum absolute atomic E-state index is 0.203. The summed E-state index contributed by atoms with van der Waals surface area (Å²) in [6.07, 6.45) is 0.731. The average molecular weight is 186 g/mol. The monoisotopic (exact) mass is 186 g/mol. The first-order chi connectivity index (χ1) is 4.21. The van der Waals surface area contributed by atoms with Crippen molar-refractivity contribution in [2.45, 2.75) is 0 Å². The van der Waals surface area contributed by atoms with E-state index in [2.05, 4.69) is 4.18 Å². The summed E-state index contributed by atoms with van der Waals surface area (Å²) < 4.78 is 35.8. The van der Waals surface area contributed by atoms with Crippen molar-refractivity contribution in [1.82, 2.24) is 0 Å². The van der Waals surface area contributed by atoms with Crippen LogP contribution in [0.3, 0.4) is 0 Å². The fraction of sp³-hybridized carbons (Fsp3) is 1.00. The minimum atomic E-state index is -3.43. The lowest BCUT2D eigenvalue weighted by Gasteiger charge is -2.04. The van der Waals surface area contributed by atoms with Crippen LogP contribution in [0.25, 0.3) is 0 Å². The molecule has 0 aliphatic heterocycles. The van der Waals surface area contributed by atoms with Gasteiger partial charge >= 0.3 is 0 Å². The Balaban J connectivity index is 3.92. The van der Waals surface area contributed by atoms with Crippen molar-refractivity contribution in [2.75, 3.05) is 25.9 Å². The van der Waals surface area contributed by atoms with E-state index in [0.717, 1.165) is 6.26 Å². The lowest BCUT2D eigenvalue weighted by atomic mass is 11.7. The van der Waals surface area contributed by atoms with Crippen LogP contribution in [0.4, 0.5) is 0 Å². The van der Waals surface area contributed by atoms with E-state index in [9.17, 15) is 13.0 Å². The maximum atomic E-state index is 10.9. The highest BCUT2D eigenvalue weighted by molar-refractivity contribution is 7.86. The first kappa shape index (κ1) is 10.1. The highest BCUT2D eigenvalue weighted by Gasteiger charge is 2.11. The Labute approximate surface area is 61.1 Å². The molecule has 0 saturated carbocycles. The summed E-state index contributed by atoms with van der Waals surface area (Å²) in [5.41, 5.74) is 0. The number of hydrogen-bond donors (Lipinski definition) is 0. The maximum absolute atomic E-state index is 10.9. The predicted octanol–water partition coefficient (Wildman–Crippen LogP) is 0.543. The molecule has 0 aliphatic rings. The molecule has 62 valence electrons. The number of rotatable bonds is 3. The van der Waals surface area contributed by atoms with E-state index in [1.807, 2.05) is 0 Å². The van der Waals surface area contributed by atoms with Gasteiger partial charge in [-0.05, 0) is 13.3 Å². The molecule has 4 nitrogen and oxygen atoms in total. The van der Waals surface area contributed by atoms with E-state index >= 15 is 0 Å². The largest absolute Gasteiger partial charge is 0.322 e. The van der Waals surface area contributed by atoms with E-state index in [-0.39, 0.29) is 6.35 Å². The van der Waals surface area contributed by atoms with E-state index in [0.29, 0.717) is 0 Å². The molecule has 0 atom stereocenters. The van der Waals surface area contributed by atoms with E-state index < -0.39 is 17.3 Å².